The Balaban J connectivity index is 1.83. The third kappa shape index (κ3) is 6.47. The highest BCUT2D eigenvalue weighted by atomic mass is 16.5. The number of ether oxygens (including phenoxy) is 3. The van der Waals surface area contributed by atoms with Crippen molar-refractivity contribution in [3.8, 4) is 11.5 Å². The number of amides is 1. The summed E-state index contributed by atoms with van der Waals surface area (Å²) in [5.41, 5.74) is 1.61. The van der Waals surface area contributed by atoms with Gasteiger partial charge in [-0.05, 0) is 55.8 Å². The quantitative estimate of drug-likeness (QED) is 0.709. The third-order valence-electron chi connectivity index (χ3n) is 3.42. The maximum atomic E-state index is 12.2. The van der Waals surface area contributed by atoms with Gasteiger partial charge in [-0.15, -0.1) is 0 Å². The lowest BCUT2D eigenvalue weighted by atomic mass is 10.2. The van der Waals surface area contributed by atoms with Crippen LogP contribution in [0.3, 0.4) is 0 Å². The molecule has 0 radical (unpaired) electrons. The predicted molar refractivity (Wildman–Crippen MR) is 97.2 cm³/mol. The van der Waals surface area contributed by atoms with Gasteiger partial charge in [0.25, 0.3) is 5.91 Å². The average Bonchev–Trinajstić information content (AvgIpc) is 2.61. The van der Waals surface area contributed by atoms with Crippen LogP contribution in [0.1, 0.15) is 29.8 Å². The lowest BCUT2D eigenvalue weighted by molar-refractivity contribution is 0.0951. The maximum Gasteiger partial charge on any atom is 0.251 e. The van der Waals surface area contributed by atoms with E-state index in [1.807, 2.05) is 38.1 Å². The number of hydrogen-bond donors (Lipinski definition) is 1. The summed E-state index contributed by atoms with van der Waals surface area (Å²) in [5.74, 6) is 1.43. The van der Waals surface area contributed by atoms with Crippen LogP contribution in [0.25, 0.3) is 0 Å². The fourth-order valence-corrected chi connectivity index (χ4v) is 2.19. The SMILES string of the molecule is COCCOc1ccc(C(=O)NCc2ccc(OC(C)C)cc2)cc1. The molecule has 5 heteroatoms. The van der Waals surface area contributed by atoms with Crippen molar-refractivity contribution in [1.82, 2.24) is 5.32 Å². The van der Waals surface area contributed by atoms with E-state index in [9.17, 15) is 4.79 Å². The van der Waals surface area contributed by atoms with Crippen molar-refractivity contribution in [2.45, 2.75) is 26.5 Å². The zero-order chi connectivity index (χ0) is 18.1. The van der Waals surface area contributed by atoms with Gasteiger partial charge in [-0.3, -0.25) is 4.79 Å². The zero-order valence-corrected chi connectivity index (χ0v) is 15.0. The van der Waals surface area contributed by atoms with E-state index in [0.717, 1.165) is 11.3 Å². The van der Waals surface area contributed by atoms with E-state index in [-0.39, 0.29) is 12.0 Å². The van der Waals surface area contributed by atoms with Gasteiger partial charge in [-0.2, -0.15) is 0 Å². The second-order valence-corrected chi connectivity index (χ2v) is 5.86. The van der Waals surface area contributed by atoms with Crippen molar-refractivity contribution < 1.29 is 19.0 Å². The Morgan fingerprint density at radius 3 is 2.20 bits per heavy atom. The van der Waals surface area contributed by atoms with E-state index in [2.05, 4.69) is 5.32 Å². The smallest absolute Gasteiger partial charge is 0.251 e. The molecule has 0 atom stereocenters. The lowest BCUT2D eigenvalue weighted by Gasteiger charge is -2.11. The highest BCUT2D eigenvalue weighted by molar-refractivity contribution is 5.94. The van der Waals surface area contributed by atoms with Crippen LogP contribution in [-0.4, -0.2) is 32.3 Å². The first kappa shape index (κ1) is 18.8. The van der Waals surface area contributed by atoms with Crippen molar-refractivity contribution in [2.24, 2.45) is 0 Å². The largest absolute Gasteiger partial charge is 0.491 e. The van der Waals surface area contributed by atoms with E-state index >= 15 is 0 Å². The van der Waals surface area contributed by atoms with Crippen LogP contribution in [0.4, 0.5) is 0 Å². The molecule has 25 heavy (non-hydrogen) atoms. The molecule has 134 valence electrons. The molecule has 1 amide bonds. The van der Waals surface area contributed by atoms with Crippen LogP contribution >= 0.6 is 0 Å². The number of nitrogens with one attached hydrogen (secondary N) is 1. The molecule has 0 spiro atoms. The number of rotatable bonds is 9. The minimum absolute atomic E-state index is 0.119. The molecule has 0 bridgehead atoms. The molecule has 0 saturated heterocycles. The first-order valence-corrected chi connectivity index (χ1v) is 8.34. The molecule has 0 aliphatic carbocycles. The first-order valence-electron chi connectivity index (χ1n) is 8.34. The molecule has 2 aromatic carbocycles. The number of hydrogen-bond acceptors (Lipinski definition) is 4. The van der Waals surface area contributed by atoms with Gasteiger partial charge in [0.05, 0.1) is 12.7 Å². The van der Waals surface area contributed by atoms with E-state index < -0.39 is 0 Å². The van der Waals surface area contributed by atoms with Gasteiger partial charge >= 0.3 is 0 Å². The van der Waals surface area contributed by atoms with Crippen LogP contribution in [0.5, 0.6) is 11.5 Å². The molecule has 1 N–H and O–H groups in total. The normalized spacial score (nSPS) is 10.6. The van der Waals surface area contributed by atoms with Crippen molar-refractivity contribution in [3.05, 3.63) is 59.7 Å². The molecule has 5 nitrogen and oxygen atoms in total. The topological polar surface area (TPSA) is 56.8 Å². The third-order valence-corrected chi connectivity index (χ3v) is 3.42. The minimum Gasteiger partial charge on any atom is -0.491 e. The summed E-state index contributed by atoms with van der Waals surface area (Å²) in [7, 11) is 1.63. The maximum absolute atomic E-state index is 12.2. The van der Waals surface area contributed by atoms with Crippen molar-refractivity contribution in [2.75, 3.05) is 20.3 Å². The molecule has 0 saturated carbocycles. The van der Waals surface area contributed by atoms with Gasteiger partial charge in [-0.1, -0.05) is 12.1 Å². The van der Waals surface area contributed by atoms with E-state index in [0.29, 0.717) is 31.1 Å². The monoisotopic (exact) mass is 343 g/mol. The molecular weight excluding hydrogens is 318 g/mol. The zero-order valence-electron chi connectivity index (χ0n) is 15.0. The number of carbonyl (C=O) groups excluding carboxylic acids is 1. The summed E-state index contributed by atoms with van der Waals surface area (Å²) in [6.45, 7) is 5.46. The molecule has 0 heterocycles. The van der Waals surface area contributed by atoms with Crippen molar-refractivity contribution >= 4 is 5.91 Å². The van der Waals surface area contributed by atoms with Crippen LogP contribution in [0.15, 0.2) is 48.5 Å². The van der Waals surface area contributed by atoms with Gasteiger partial charge in [0.1, 0.15) is 18.1 Å². The highest BCUT2D eigenvalue weighted by Gasteiger charge is 2.06. The Kier molecular flexibility index (Phi) is 7.29. The summed E-state index contributed by atoms with van der Waals surface area (Å²) in [5, 5.41) is 2.91. The van der Waals surface area contributed by atoms with Crippen molar-refractivity contribution in [3.63, 3.8) is 0 Å². The average molecular weight is 343 g/mol. The summed E-state index contributed by atoms with van der Waals surface area (Å²) >= 11 is 0. The van der Waals surface area contributed by atoms with Crippen LogP contribution in [0, 0.1) is 0 Å². The first-order chi connectivity index (χ1) is 12.1. The van der Waals surface area contributed by atoms with Gasteiger partial charge in [0, 0.05) is 19.2 Å². The molecule has 0 aromatic heterocycles. The second-order valence-electron chi connectivity index (χ2n) is 5.86. The molecule has 0 unspecified atom stereocenters. The fourth-order valence-electron chi connectivity index (χ4n) is 2.19. The Hall–Kier alpha value is -2.53. The van der Waals surface area contributed by atoms with Gasteiger partial charge in [-0.25, -0.2) is 0 Å². The van der Waals surface area contributed by atoms with E-state index in [4.69, 9.17) is 14.2 Å². The number of methoxy groups -OCH3 is 1. The van der Waals surface area contributed by atoms with Gasteiger partial charge in [0.2, 0.25) is 0 Å². The minimum atomic E-state index is -0.119. The molecular formula is C20H25NO4. The molecule has 0 fully saturated rings. The summed E-state index contributed by atoms with van der Waals surface area (Å²) < 4.78 is 16.0. The Bertz CT molecular complexity index is 650. The highest BCUT2D eigenvalue weighted by Crippen LogP contribution is 2.15. The summed E-state index contributed by atoms with van der Waals surface area (Å²) in [6.07, 6.45) is 0.145. The summed E-state index contributed by atoms with van der Waals surface area (Å²) in [4.78, 5) is 12.2. The Morgan fingerprint density at radius 2 is 1.60 bits per heavy atom. The van der Waals surface area contributed by atoms with Crippen LogP contribution in [-0.2, 0) is 11.3 Å². The second kappa shape index (κ2) is 9.69. The van der Waals surface area contributed by atoms with E-state index in [1.54, 1.807) is 31.4 Å². The molecule has 2 rings (SSSR count). The molecule has 0 aliphatic heterocycles. The van der Waals surface area contributed by atoms with Crippen LogP contribution < -0.4 is 14.8 Å². The van der Waals surface area contributed by atoms with Crippen molar-refractivity contribution in [1.29, 1.82) is 0 Å². The molecule has 2 aromatic rings. The number of benzene rings is 2. The summed E-state index contributed by atoms with van der Waals surface area (Å²) in [6, 6.07) is 14.8. The standard InChI is InChI=1S/C20H25NO4/c1-15(2)25-19-8-4-16(5-9-19)14-21-20(22)17-6-10-18(11-7-17)24-13-12-23-3/h4-11,15H,12-14H2,1-3H3,(H,21,22). The Morgan fingerprint density at radius 1 is 0.960 bits per heavy atom. The number of carbonyl (C=O) groups is 1. The predicted octanol–water partition coefficient (Wildman–Crippen LogP) is 3.43. The Labute approximate surface area is 148 Å². The molecule has 0 aliphatic rings. The lowest BCUT2D eigenvalue weighted by Crippen LogP contribution is -2.22. The van der Waals surface area contributed by atoms with Gasteiger partial charge < -0.3 is 19.5 Å². The van der Waals surface area contributed by atoms with E-state index in [1.165, 1.54) is 0 Å². The fraction of sp³-hybridized carbons (Fsp3) is 0.350. The van der Waals surface area contributed by atoms with Crippen LogP contribution in [0.2, 0.25) is 0 Å². The van der Waals surface area contributed by atoms with Gasteiger partial charge in [0.15, 0.2) is 0 Å².